The van der Waals surface area contributed by atoms with Gasteiger partial charge in [0.25, 0.3) is 11.6 Å². The lowest BCUT2D eigenvalue weighted by atomic mass is 10.1. The molecule has 0 aliphatic carbocycles. The summed E-state index contributed by atoms with van der Waals surface area (Å²) < 4.78 is 5.81. The Morgan fingerprint density at radius 1 is 1.27 bits per heavy atom. The van der Waals surface area contributed by atoms with Crippen LogP contribution in [0.2, 0.25) is 5.02 Å². The number of hydrogen-bond acceptors (Lipinski definition) is 5. The lowest BCUT2D eigenvalue weighted by Crippen LogP contribution is -2.13. The molecule has 3 aromatic rings. The second-order valence-corrected chi connectivity index (χ2v) is 7.44. The second kappa shape index (κ2) is 8.95. The summed E-state index contributed by atoms with van der Waals surface area (Å²) in [4.78, 5) is 23.0. The molecular weight excluding hydrogens is 474 g/mol. The third-order valence-corrected chi connectivity index (χ3v) is 5.44. The highest BCUT2D eigenvalue weighted by atomic mass is 79.9. The van der Waals surface area contributed by atoms with E-state index in [-0.39, 0.29) is 26.5 Å². The number of halogens is 2. The molecule has 0 spiro atoms. The lowest BCUT2D eigenvalue weighted by Gasteiger charge is -2.04. The van der Waals surface area contributed by atoms with Crippen molar-refractivity contribution in [2.75, 3.05) is 5.32 Å². The van der Waals surface area contributed by atoms with Crippen LogP contribution in [0.3, 0.4) is 0 Å². The standard InChI is InChI=1S/C21H13BrClN3O4/c1-12-2-4-15(5-3-12)25-21(27)14(11-24)8-16-6-7-19(30-16)13-9-17(23)20(22)18(10-13)26(28)29/h2-10H,1H3,(H,25,27)/b14-8-. The summed E-state index contributed by atoms with van der Waals surface area (Å²) in [7, 11) is 0. The van der Waals surface area contributed by atoms with Crippen molar-refractivity contribution in [1.82, 2.24) is 0 Å². The Labute approximate surface area is 184 Å². The van der Waals surface area contributed by atoms with Gasteiger partial charge in [-0.1, -0.05) is 29.3 Å². The van der Waals surface area contributed by atoms with E-state index in [0.29, 0.717) is 17.0 Å². The molecule has 0 aliphatic heterocycles. The van der Waals surface area contributed by atoms with Gasteiger partial charge >= 0.3 is 0 Å². The van der Waals surface area contributed by atoms with Gasteiger partial charge in [0, 0.05) is 23.4 Å². The topological polar surface area (TPSA) is 109 Å². The molecule has 0 radical (unpaired) electrons. The first kappa shape index (κ1) is 21.3. The maximum Gasteiger partial charge on any atom is 0.285 e. The van der Waals surface area contributed by atoms with Crippen molar-refractivity contribution in [1.29, 1.82) is 5.26 Å². The molecule has 1 aromatic heterocycles. The highest BCUT2D eigenvalue weighted by molar-refractivity contribution is 9.10. The number of benzene rings is 2. The summed E-state index contributed by atoms with van der Waals surface area (Å²) in [6.07, 6.45) is 1.29. The predicted octanol–water partition coefficient (Wildman–Crippen LogP) is 6.12. The van der Waals surface area contributed by atoms with Crippen LogP contribution in [0.5, 0.6) is 0 Å². The van der Waals surface area contributed by atoms with Crippen molar-refractivity contribution in [3.05, 3.63) is 85.0 Å². The number of rotatable bonds is 5. The van der Waals surface area contributed by atoms with E-state index in [0.717, 1.165) is 5.56 Å². The summed E-state index contributed by atoms with van der Waals surface area (Å²) in [6, 6.07) is 14.9. The van der Waals surface area contributed by atoms with Gasteiger partial charge in [-0.25, -0.2) is 0 Å². The minimum absolute atomic E-state index is 0.155. The van der Waals surface area contributed by atoms with Gasteiger partial charge in [-0.3, -0.25) is 14.9 Å². The van der Waals surface area contributed by atoms with Gasteiger partial charge < -0.3 is 9.73 Å². The van der Waals surface area contributed by atoms with Gasteiger partial charge in [-0.15, -0.1) is 0 Å². The number of nitrogens with zero attached hydrogens (tertiary/aromatic N) is 2. The Bertz CT molecular complexity index is 1210. The molecule has 1 amide bonds. The number of amides is 1. The van der Waals surface area contributed by atoms with E-state index < -0.39 is 10.8 Å². The molecule has 0 saturated heterocycles. The molecule has 0 atom stereocenters. The van der Waals surface area contributed by atoms with E-state index in [1.165, 1.54) is 18.2 Å². The Morgan fingerprint density at radius 3 is 2.60 bits per heavy atom. The van der Waals surface area contributed by atoms with Crippen molar-refractivity contribution in [3.63, 3.8) is 0 Å². The number of nitro groups is 1. The van der Waals surface area contributed by atoms with Crippen LogP contribution in [0, 0.1) is 28.4 Å². The molecule has 0 saturated carbocycles. The largest absolute Gasteiger partial charge is 0.457 e. The number of furan rings is 1. The zero-order valence-corrected chi connectivity index (χ0v) is 17.8. The third-order valence-electron chi connectivity index (χ3n) is 4.08. The van der Waals surface area contributed by atoms with Crippen LogP contribution < -0.4 is 5.32 Å². The first-order valence-electron chi connectivity index (χ1n) is 8.52. The van der Waals surface area contributed by atoms with E-state index in [2.05, 4.69) is 21.2 Å². The van der Waals surface area contributed by atoms with E-state index in [9.17, 15) is 20.2 Å². The molecular formula is C21H13BrClN3O4. The van der Waals surface area contributed by atoms with Crippen molar-refractivity contribution < 1.29 is 14.1 Å². The van der Waals surface area contributed by atoms with E-state index in [4.69, 9.17) is 16.0 Å². The molecule has 0 fully saturated rings. The van der Waals surface area contributed by atoms with E-state index in [1.54, 1.807) is 24.3 Å². The van der Waals surface area contributed by atoms with Crippen molar-refractivity contribution in [2.45, 2.75) is 6.92 Å². The summed E-state index contributed by atoms with van der Waals surface area (Å²) in [6.45, 7) is 1.92. The molecule has 30 heavy (non-hydrogen) atoms. The number of aryl methyl sites for hydroxylation is 1. The van der Waals surface area contributed by atoms with Crippen molar-refractivity contribution in [2.24, 2.45) is 0 Å². The SMILES string of the molecule is Cc1ccc(NC(=O)/C(C#N)=C\c2ccc(-c3cc(Cl)c(Br)c([N+](=O)[O-])c3)o2)cc1. The Kier molecular flexibility index (Phi) is 6.35. The van der Waals surface area contributed by atoms with Gasteiger partial charge in [-0.2, -0.15) is 5.26 Å². The highest BCUT2D eigenvalue weighted by Gasteiger charge is 2.19. The number of nitriles is 1. The highest BCUT2D eigenvalue weighted by Crippen LogP contribution is 2.37. The van der Waals surface area contributed by atoms with Gasteiger partial charge in [-0.05, 0) is 53.2 Å². The van der Waals surface area contributed by atoms with Gasteiger partial charge in [0.05, 0.1) is 9.95 Å². The van der Waals surface area contributed by atoms with Crippen LogP contribution in [0.4, 0.5) is 11.4 Å². The number of anilines is 1. The number of carbonyl (C=O) groups excluding carboxylic acids is 1. The number of nitro benzene ring substituents is 1. The fraction of sp³-hybridized carbons (Fsp3) is 0.0476. The molecule has 2 aromatic carbocycles. The maximum atomic E-state index is 12.4. The zero-order valence-electron chi connectivity index (χ0n) is 15.5. The lowest BCUT2D eigenvalue weighted by molar-refractivity contribution is -0.385. The molecule has 150 valence electrons. The average Bonchev–Trinajstić information content (AvgIpc) is 3.18. The van der Waals surface area contributed by atoms with Gasteiger partial charge in [0.1, 0.15) is 27.6 Å². The quantitative estimate of drug-likeness (QED) is 0.202. The fourth-order valence-electron chi connectivity index (χ4n) is 2.56. The Balaban J connectivity index is 1.87. The van der Waals surface area contributed by atoms with E-state index >= 15 is 0 Å². The zero-order chi connectivity index (χ0) is 21.8. The summed E-state index contributed by atoms with van der Waals surface area (Å²) >= 11 is 9.14. The average molecular weight is 487 g/mol. The van der Waals surface area contributed by atoms with Crippen molar-refractivity contribution >= 4 is 50.9 Å². The minimum Gasteiger partial charge on any atom is -0.457 e. The van der Waals surface area contributed by atoms with Crippen LogP contribution in [0.15, 0.2) is 63.0 Å². The maximum absolute atomic E-state index is 12.4. The Hall–Kier alpha value is -3.41. The van der Waals surface area contributed by atoms with E-state index in [1.807, 2.05) is 25.1 Å². The molecule has 7 nitrogen and oxygen atoms in total. The number of nitrogens with one attached hydrogen (secondary N) is 1. The molecule has 1 heterocycles. The summed E-state index contributed by atoms with van der Waals surface area (Å²) in [5, 5.41) is 23.3. The van der Waals surface area contributed by atoms with Crippen LogP contribution in [-0.4, -0.2) is 10.8 Å². The van der Waals surface area contributed by atoms with Crippen LogP contribution in [-0.2, 0) is 4.79 Å². The fourth-order valence-corrected chi connectivity index (χ4v) is 3.15. The molecule has 9 heteroatoms. The molecule has 1 N–H and O–H groups in total. The predicted molar refractivity (Wildman–Crippen MR) is 117 cm³/mol. The third kappa shape index (κ3) is 4.76. The molecule has 0 aliphatic rings. The number of carbonyl (C=O) groups is 1. The summed E-state index contributed by atoms with van der Waals surface area (Å²) in [5.74, 6) is -0.0427. The van der Waals surface area contributed by atoms with Crippen LogP contribution in [0.25, 0.3) is 17.4 Å². The normalized spacial score (nSPS) is 11.1. The monoisotopic (exact) mass is 485 g/mol. The molecule has 3 rings (SSSR count). The first-order chi connectivity index (χ1) is 14.3. The van der Waals surface area contributed by atoms with Crippen molar-refractivity contribution in [3.8, 4) is 17.4 Å². The smallest absolute Gasteiger partial charge is 0.285 e. The minimum atomic E-state index is -0.582. The van der Waals surface area contributed by atoms with Crippen LogP contribution >= 0.6 is 27.5 Å². The van der Waals surface area contributed by atoms with Crippen LogP contribution in [0.1, 0.15) is 11.3 Å². The molecule has 0 bridgehead atoms. The first-order valence-corrected chi connectivity index (χ1v) is 9.69. The van der Waals surface area contributed by atoms with Gasteiger partial charge in [0.15, 0.2) is 0 Å². The summed E-state index contributed by atoms with van der Waals surface area (Å²) in [5.41, 5.74) is 1.62. The van der Waals surface area contributed by atoms with Gasteiger partial charge in [0.2, 0.25) is 0 Å². The second-order valence-electron chi connectivity index (χ2n) is 6.24. The Morgan fingerprint density at radius 2 is 1.97 bits per heavy atom. The number of hydrogen-bond donors (Lipinski definition) is 1. The molecule has 0 unspecified atom stereocenters.